The molecular weight excluding hydrogens is 158 g/mol. The minimum Gasteiger partial charge on any atom is -0.375 e. The molecule has 2 rings (SSSR count). The van der Waals surface area contributed by atoms with E-state index in [1.807, 2.05) is 0 Å². The maximum atomic E-state index is 2.64. The topological polar surface area (TPSA) is 3.24 Å². The SMILES string of the molecule is C1=C2\CCCCCN2CCCCC/1. The monoisotopic (exact) mass is 179 g/mol. The van der Waals surface area contributed by atoms with Crippen LogP contribution in [0, 0.1) is 0 Å². The number of fused-ring (bicyclic) bond motifs is 1. The molecule has 0 spiro atoms. The third-order valence-electron chi connectivity index (χ3n) is 3.28. The van der Waals surface area contributed by atoms with Crippen molar-refractivity contribution in [2.45, 2.75) is 51.4 Å². The molecule has 0 saturated carbocycles. The maximum Gasteiger partial charge on any atom is 0.0174 e. The van der Waals surface area contributed by atoms with Crippen LogP contribution in [0.2, 0.25) is 0 Å². The molecule has 1 nitrogen and oxygen atoms in total. The molecule has 0 aromatic carbocycles. The first-order chi connectivity index (χ1) is 6.47. The second-order valence-corrected chi connectivity index (χ2v) is 4.34. The fourth-order valence-corrected chi connectivity index (χ4v) is 2.47. The zero-order chi connectivity index (χ0) is 8.93. The van der Waals surface area contributed by atoms with Gasteiger partial charge in [-0.25, -0.2) is 0 Å². The zero-order valence-electron chi connectivity index (χ0n) is 8.60. The molecule has 0 N–H and O–H groups in total. The van der Waals surface area contributed by atoms with Crippen LogP contribution in [-0.2, 0) is 0 Å². The van der Waals surface area contributed by atoms with Crippen molar-refractivity contribution < 1.29 is 0 Å². The van der Waals surface area contributed by atoms with Gasteiger partial charge in [0.15, 0.2) is 0 Å². The Balaban J connectivity index is 2.04. The second kappa shape index (κ2) is 4.69. The van der Waals surface area contributed by atoms with Crippen LogP contribution in [0.4, 0.5) is 0 Å². The average Bonchev–Trinajstić information content (AvgIpc) is 2.30. The van der Waals surface area contributed by atoms with Gasteiger partial charge < -0.3 is 4.90 Å². The van der Waals surface area contributed by atoms with E-state index in [-0.39, 0.29) is 0 Å². The average molecular weight is 179 g/mol. The third kappa shape index (κ3) is 2.49. The second-order valence-electron chi connectivity index (χ2n) is 4.34. The Morgan fingerprint density at radius 2 is 1.62 bits per heavy atom. The first-order valence-corrected chi connectivity index (χ1v) is 5.91. The molecule has 74 valence electrons. The predicted molar refractivity (Wildman–Crippen MR) is 56.6 cm³/mol. The molecule has 2 aliphatic rings. The van der Waals surface area contributed by atoms with Crippen molar-refractivity contribution >= 4 is 0 Å². The largest absolute Gasteiger partial charge is 0.375 e. The molecule has 0 unspecified atom stereocenters. The van der Waals surface area contributed by atoms with Crippen LogP contribution >= 0.6 is 0 Å². The summed E-state index contributed by atoms with van der Waals surface area (Å²) in [6.07, 6.45) is 13.7. The van der Waals surface area contributed by atoms with Gasteiger partial charge in [-0.3, -0.25) is 0 Å². The van der Waals surface area contributed by atoms with Crippen LogP contribution in [0.25, 0.3) is 0 Å². The highest BCUT2D eigenvalue weighted by Gasteiger charge is 2.13. The Bertz CT molecular complexity index is 184. The summed E-state index contributed by atoms with van der Waals surface area (Å²) in [6, 6.07) is 0. The van der Waals surface area contributed by atoms with Gasteiger partial charge in [0.2, 0.25) is 0 Å². The van der Waals surface area contributed by atoms with Gasteiger partial charge in [0, 0.05) is 18.8 Å². The van der Waals surface area contributed by atoms with Gasteiger partial charge in [0.1, 0.15) is 0 Å². The van der Waals surface area contributed by atoms with Crippen LogP contribution in [0.3, 0.4) is 0 Å². The van der Waals surface area contributed by atoms with E-state index in [1.54, 1.807) is 5.70 Å². The van der Waals surface area contributed by atoms with Gasteiger partial charge in [0.05, 0.1) is 0 Å². The lowest BCUT2D eigenvalue weighted by Crippen LogP contribution is -2.24. The van der Waals surface area contributed by atoms with Crippen molar-refractivity contribution in [2.24, 2.45) is 0 Å². The van der Waals surface area contributed by atoms with E-state index >= 15 is 0 Å². The van der Waals surface area contributed by atoms with Crippen LogP contribution in [0.1, 0.15) is 51.4 Å². The van der Waals surface area contributed by atoms with E-state index in [0.717, 1.165) is 0 Å². The lowest BCUT2D eigenvalue weighted by atomic mass is 10.1. The van der Waals surface area contributed by atoms with Crippen LogP contribution in [0.5, 0.6) is 0 Å². The van der Waals surface area contributed by atoms with Gasteiger partial charge in [-0.1, -0.05) is 18.9 Å². The van der Waals surface area contributed by atoms with E-state index < -0.39 is 0 Å². The summed E-state index contributed by atoms with van der Waals surface area (Å²) >= 11 is 0. The molecule has 0 radical (unpaired) electrons. The Hall–Kier alpha value is -0.460. The van der Waals surface area contributed by atoms with Gasteiger partial charge >= 0.3 is 0 Å². The van der Waals surface area contributed by atoms with Crippen molar-refractivity contribution in [2.75, 3.05) is 13.1 Å². The fraction of sp³-hybridized carbons (Fsp3) is 0.833. The lowest BCUT2D eigenvalue weighted by Gasteiger charge is -2.27. The Labute approximate surface area is 81.8 Å². The number of nitrogens with zero attached hydrogens (tertiary/aromatic N) is 1. The zero-order valence-corrected chi connectivity index (χ0v) is 8.60. The number of hydrogen-bond donors (Lipinski definition) is 0. The van der Waals surface area contributed by atoms with E-state index in [0.29, 0.717) is 0 Å². The van der Waals surface area contributed by atoms with Crippen molar-refractivity contribution in [3.8, 4) is 0 Å². The molecule has 0 aromatic rings. The predicted octanol–water partition coefficient (Wildman–Crippen LogP) is 3.32. The number of allylic oxidation sites excluding steroid dienone is 2. The Kier molecular flexibility index (Phi) is 3.28. The first kappa shape index (κ1) is 9.11. The molecule has 0 aromatic heterocycles. The van der Waals surface area contributed by atoms with Crippen molar-refractivity contribution in [3.05, 3.63) is 11.8 Å². The summed E-state index contributed by atoms with van der Waals surface area (Å²) in [4.78, 5) is 2.64. The quantitative estimate of drug-likeness (QED) is 0.551. The molecule has 1 saturated heterocycles. The smallest absolute Gasteiger partial charge is 0.0174 e. The first-order valence-electron chi connectivity index (χ1n) is 5.91. The molecule has 0 bridgehead atoms. The van der Waals surface area contributed by atoms with E-state index in [1.165, 1.54) is 64.5 Å². The van der Waals surface area contributed by atoms with E-state index in [9.17, 15) is 0 Å². The molecule has 0 amide bonds. The molecule has 13 heavy (non-hydrogen) atoms. The molecule has 0 atom stereocenters. The van der Waals surface area contributed by atoms with Crippen molar-refractivity contribution in [1.82, 2.24) is 4.90 Å². The summed E-state index contributed by atoms with van der Waals surface area (Å²) in [5.41, 5.74) is 1.66. The summed E-state index contributed by atoms with van der Waals surface area (Å²) < 4.78 is 0. The van der Waals surface area contributed by atoms with Crippen molar-refractivity contribution in [3.63, 3.8) is 0 Å². The highest BCUT2D eigenvalue weighted by molar-refractivity contribution is 5.03. The molecule has 1 heteroatoms. The molecule has 0 aliphatic carbocycles. The fourth-order valence-electron chi connectivity index (χ4n) is 2.47. The summed E-state index contributed by atoms with van der Waals surface area (Å²) in [5.74, 6) is 0. The Morgan fingerprint density at radius 3 is 2.46 bits per heavy atom. The number of hydrogen-bond acceptors (Lipinski definition) is 1. The maximum absolute atomic E-state index is 2.64. The summed E-state index contributed by atoms with van der Waals surface area (Å²) in [6.45, 7) is 2.65. The lowest BCUT2D eigenvalue weighted by molar-refractivity contribution is 0.326. The number of rotatable bonds is 0. The van der Waals surface area contributed by atoms with Crippen LogP contribution < -0.4 is 0 Å². The molecular formula is C12H21N. The normalized spacial score (nSPS) is 29.2. The molecule has 2 aliphatic heterocycles. The van der Waals surface area contributed by atoms with Crippen LogP contribution in [0.15, 0.2) is 11.8 Å². The van der Waals surface area contributed by atoms with E-state index in [2.05, 4.69) is 11.0 Å². The Morgan fingerprint density at radius 1 is 0.846 bits per heavy atom. The van der Waals surface area contributed by atoms with Gasteiger partial charge in [0.25, 0.3) is 0 Å². The minimum absolute atomic E-state index is 1.33. The molecule has 1 fully saturated rings. The van der Waals surface area contributed by atoms with Gasteiger partial charge in [-0.05, 0) is 38.5 Å². The summed E-state index contributed by atoms with van der Waals surface area (Å²) in [5, 5.41) is 0. The summed E-state index contributed by atoms with van der Waals surface area (Å²) in [7, 11) is 0. The minimum atomic E-state index is 1.33. The third-order valence-corrected chi connectivity index (χ3v) is 3.28. The standard InChI is InChI=1S/C12H21N/c1-2-6-10-13-11-7-3-5-9-12(13)8-4-1/h8H,1-7,9-11H2/b12-8+. The van der Waals surface area contributed by atoms with E-state index in [4.69, 9.17) is 0 Å². The highest BCUT2D eigenvalue weighted by atomic mass is 15.1. The van der Waals surface area contributed by atoms with Gasteiger partial charge in [-0.15, -0.1) is 0 Å². The highest BCUT2D eigenvalue weighted by Crippen LogP contribution is 2.23. The molecule has 2 heterocycles. The van der Waals surface area contributed by atoms with Gasteiger partial charge in [-0.2, -0.15) is 0 Å². The van der Waals surface area contributed by atoms with Crippen molar-refractivity contribution in [1.29, 1.82) is 0 Å². The van der Waals surface area contributed by atoms with Crippen LogP contribution in [-0.4, -0.2) is 18.0 Å².